The van der Waals surface area contributed by atoms with Gasteiger partial charge >= 0.3 is 0 Å². The quantitative estimate of drug-likeness (QED) is 0.799. The largest absolute Gasteiger partial charge is 0.396 e. The maximum absolute atomic E-state index is 11.9. The monoisotopic (exact) mass is 340 g/mol. The molecule has 0 aromatic heterocycles. The van der Waals surface area contributed by atoms with E-state index in [0.29, 0.717) is 13.0 Å². The van der Waals surface area contributed by atoms with Crippen LogP contribution in [0.2, 0.25) is 0 Å². The van der Waals surface area contributed by atoms with Crippen LogP contribution < -0.4 is 9.62 Å². The normalized spacial score (nSPS) is 19.0. The van der Waals surface area contributed by atoms with Crippen molar-refractivity contribution in [1.82, 2.24) is 5.32 Å². The molecule has 0 aliphatic carbocycles. The van der Waals surface area contributed by atoms with Crippen molar-refractivity contribution >= 4 is 15.7 Å². The van der Waals surface area contributed by atoms with Crippen LogP contribution in [0.25, 0.3) is 0 Å². The van der Waals surface area contributed by atoms with Crippen molar-refractivity contribution in [2.24, 2.45) is 5.41 Å². The maximum atomic E-state index is 11.9. The number of aliphatic hydroxyl groups is 1. The fraction of sp³-hybridized carbons (Fsp3) is 0.647. The van der Waals surface area contributed by atoms with E-state index in [1.165, 1.54) is 4.31 Å². The second-order valence-corrected chi connectivity index (χ2v) is 9.09. The molecule has 0 radical (unpaired) electrons. The standard InChI is InChI=1S/C17H28N2O3S/c1-14(18-13-17(2,3)9-11-20)15-5-7-16(8-6-15)19-10-4-12-23(19,21)22/h5-8,14,18,20H,4,9-13H2,1-3H3. The highest BCUT2D eigenvalue weighted by Crippen LogP contribution is 2.26. The van der Waals surface area contributed by atoms with Crippen LogP contribution in [0.15, 0.2) is 24.3 Å². The van der Waals surface area contributed by atoms with Gasteiger partial charge in [-0.15, -0.1) is 0 Å². The van der Waals surface area contributed by atoms with Gasteiger partial charge in [0.05, 0.1) is 11.4 Å². The van der Waals surface area contributed by atoms with E-state index in [0.717, 1.165) is 24.2 Å². The first kappa shape index (κ1) is 18.2. The predicted molar refractivity (Wildman–Crippen MR) is 94.1 cm³/mol. The van der Waals surface area contributed by atoms with Gasteiger partial charge in [0, 0.05) is 25.7 Å². The summed E-state index contributed by atoms with van der Waals surface area (Å²) in [6.07, 6.45) is 1.46. The molecule has 1 saturated heterocycles. The maximum Gasteiger partial charge on any atom is 0.235 e. The van der Waals surface area contributed by atoms with Crippen LogP contribution >= 0.6 is 0 Å². The highest BCUT2D eigenvalue weighted by Gasteiger charge is 2.28. The molecule has 1 aromatic carbocycles. The van der Waals surface area contributed by atoms with Crippen LogP contribution in [-0.4, -0.2) is 39.0 Å². The third-order valence-corrected chi connectivity index (χ3v) is 6.33. The highest BCUT2D eigenvalue weighted by atomic mass is 32.2. The lowest BCUT2D eigenvalue weighted by atomic mass is 9.89. The molecule has 0 amide bonds. The fourth-order valence-electron chi connectivity index (χ4n) is 2.80. The van der Waals surface area contributed by atoms with Crippen LogP contribution in [0.1, 0.15) is 45.2 Å². The summed E-state index contributed by atoms with van der Waals surface area (Å²) >= 11 is 0. The van der Waals surface area contributed by atoms with Gasteiger partial charge in [-0.25, -0.2) is 8.42 Å². The average molecular weight is 340 g/mol. The lowest BCUT2D eigenvalue weighted by Crippen LogP contribution is -2.32. The van der Waals surface area contributed by atoms with Gasteiger partial charge in [0.2, 0.25) is 10.0 Å². The lowest BCUT2D eigenvalue weighted by molar-refractivity contribution is 0.204. The van der Waals surface area contributed by atoms with E-state index >= 15 is 0 Å². The number of hydrogen-bond donors (Lipinski definition) is 2. The van der Waals surface area contributed by atoms with E-state index < -0.39 is 10.0 Å². The molecule has 6 heteroatoms. The van der Waals surface area contributed by atoms with E-state index in [4.69, 9.17) is 5.11 Å². The molecule has 1 atom stereocenters. The first-order valence-corrected chi connectivity index (χ1v) is 9.81. The van der Waals surface area contributed by atoms with Gasteiger partial charge < -0.3 is 10.4 Å². The van der Waals surface area contributed by atoms with Crippen LogP contribution in [0, 0.1) is 5.41 Å². The molecule has 1 unspecified atom stereocenters. The van der Waals surface area contributed by atoms with Crippen molar-refractivity contribution in [2.75, 3.05) is 29.8 Å². The Labute approximate surface area is 139 Å². The number of anilines is 1. The zero-order valence-corrected chi connectivity index (χ0v) is 15.1. The number of sulfonamides is 1. The molecule has 130 valence electrons. The summed E-state index contributed by atoms with van der Waals surface area (Å²) in [6.45, 7) is 7.94. The molecule has 2 rings (SSSR count). The highest BCUT2D eigenvalue weighted by molar-refractivity contribution is 7.93. The summed E-state index contributed by atoms with van der Waals surface area (Å²) in [7, 11) is -3.12. The third kappa shape index (κ3) is 4.68. The third-order valence-electron chi connectivity index (χ3n) is 4.46. The molecule has 5 nitrogen and oxygen atoms in total. The van der Waals surface area contributed by atoms with Gasteiger partial charge in [-0.05, 0) is 42.9 Å². The van der Waals surface area contributed by atoms with Crippen LogP contribution in [0.3, 0.4) is 0 Å². The molecule has 1 aliphatic heterocycles. The zero-order valence-electron chi connectivity index (χ0n) is 14.2. The Morgan fingerprint density at radius 1 is 1.30 bits per heavy atom. The molecular weight excluding hydrogens is 312 g/mol. The van der Waals surface area contributed by atoms with E-state index in [1.54, 1.807) is 0 Å². The molecule has 1 fully saturated rings. The van der Waals surface area contributed by atoms with Gasteiger partial charge in [0.1, 0.15) is 0 Å². The molecule has 0 saturated carbocycles. The minimum absolute atomic E-state index is 0.0482. The van der Waals surface area contributed by atoms with Crippen molar-refractivity contribution in [3.8, 4) is 0 Å². The summed E-state index contributed by atoms with van der Waals surface area (Å²) in [6, 6.07) is 7.92. The summed E-state index contributed by atoms with van der Waals surface area (Å²) in [5.41, 5.74) is 1.93. The first-order chi connectivity index (χ1) is 10.7. The molecule has 1 aromatic rings. The van der Waals surface area contributed by atoms with Crippen molar-refractivity contribution in [3.63, 3.8) is 0 Å². The number of rotatable bonds is 7. The Balaban J connectivity index is 1.99. The summed E-state index contributed by atoms with van der Waals surface area (Å²) in [5.74, 6) is 0.243. The van der Waals surface area contributed by atoms with Crippen LogP contribution in [-0.2, 0) is 10.0 Å². The van der Waals surface area contributed by atoms with Crippen LogP contribution in [0.4, 0.5) is 5.69 Å². The summed E-state index contributed by atoms with van der Waals surface area (Å²) < 4.78 is 25.4. The van der Waals surface area contributed by atoms with E-state index in [-0.39, 0.29) is 23.8 Å². The van der Waals surface area contributed by atoms with Gasteiger partial charge in [-0.2, -0.15) is 0 Å². The molecule has 0 spiro atoms. The van der Waals surface area contributed by atoms with E-state index in [2.05, 4.69) is 26.1 Å². The first-order valence-electron chi connectivity index (χ1n) is 8.20. The van der Waals surface area contributed by atoms with Crippen molar-refractivity contribution in [2.45, 2.75) is 39.7 Å². The Morgan fingerprint density at radius 3 is 2.48 bits per heavy atom. The Kier molecular flexibility index (Phi) is 5.70. The Bertz CT molecular complexity index is 611. The van der Waals surface area contributed by atoms with Gasteiger partial charge in [0.15, 0.2) is 0 Å². The summed E-state index contributed by atoms with van der Waals surface area (Å²) in [5, 5.41) is 12.6. The molecule has 2 N–H and O–H groups in total. The lowest BCUT2D eigenvalue weighted by Gasteiger charge is -2.27. The predicted octanol–water partition coefficient (Wildman–Crippen LogP) is 2.29. The topological polar surface area (TPSA) is 69.6 Å². The molecule has 1 aliphatic rings. The van der Waals surface area contributed by atoms with Crippen molar-refractivity contribution in [3.05, 3.63) is 29.8 Å². The zero-order chi connectivity index (χ0) is 17.1. The number of nitrogens with zero attached hydrogens (tertiary/aromatic N) is 1. The molecule has 23 heavy (non-hydrogen) atoms. The summed E-state index contributed by atoms with van der Waals surface area (Å²) in [4.78, 5) is 0. The fourth-order valence-corrected chi connectivity index (χ4v) is 4.36. The number of aliphatic hydroxyl groups excluding tert-OH is 1. The van der Waals surface area contributed by atoms with Gasteiger partial charge in [-0.1, -0.05) is 26.0 Å². The Hall–Kier alpha value is -1.11. The van der Waals surface area contributed by atoms with Crippen molar-refractivity contribution < 1.29 is 13.5 Å². The Morgan fingerprint density at radius 2 is 1.96 bits per heavy atom. The molecule has 1 heterocycles. The second-order valence-electron chi connectivity index (χ2n) is 7.07. The average Bonchev–Trinajstić information content (AvgIpc) is 2.84. The number of hydrogen-bond acceptors (Lipinski definition) is 4. The number of benzene rings is 1. The van der Waals surface area contributed by atoms with Gasteiger partial charge in [0.25, 0.3) is 0 Å². The molecule has 0 bridgehead atoms. The van der Waals surface area contributed by atoms with E-state index in [1.807, 2.05) is 24.3 Å². The smallest absolute Gasteiger partial charge is 0.235 e. The van der Waals surface area contributed by atoms with Crippen molar-refractivity contribution in [1.29, 1.82) is 0 Å². The minimum Gasteiger partial charge on any atom is -0.396 e. The van der Waals surface area contributed by atoms with E-state index in [9.17, 15) is 8.42 Å². The second kappa shape index (κ2) is 7.20. The van der Waals surface area contributed by atoms with Gasteiger partial charge in [-0.3, -0.25) is 4.31 Å². The SMILES string of the molecule is CC(NCC(C)(C)CCO)c1ccc(N2CCCS2(=O)=O)cc1. The molecular formula is C17H28N2O3S. The minimum atomic E-state index is -3.12. The number of nitrogens with one attached hydrogen (secondary N) is 1. The van der Waals surface area contributed by atoms with Crippen LogP contribution in [0.5, 0.6) is 0 Å².